The molecule has 1 heterocycles. The maximum absolute atomic E-state index is 13.3. The number of hydrogen-bond acceptors (Lipinski definition) is 9. The first-order chi connectivity index (χ1) is 36.0. The van der Waals surface area contributed by atoms with Gasteiger partial charge in [0.1, 0.15) is 12.2 Å². The first-order valence-electron chi connectivity index (χ1n) is 25.0. The molecule has 81 heavy (non-hydrogen) atoms. The molecule has 3 N–H and O–H groups in total. The van der Waals surface area contributed by atoms with E-state index in [1.54, 1.807) is 4.90 Å². The zero-order chi connectivity index (χ0) is 63.5. The van der Waals surface area contributed by atoms with Gasteiger partial charge >= 0.3 is 61.3 Å². The largest absolute Gasteiger partial charge is 0.462 e. The summed E-state index contributed by atoms with van der Waals surface area (Å²) in [6, 6.07) is 0.200. The number of imide groups is 1. The smallest absolute Gasteiger partial charge is 0.426 e. The first-order valence-corrected chi connectivity index (χ1v) is 25.0. The minimum absolute atomic E-state index is 0.0550. The van der Waals surface area contributed by atoms with Crippen LogP contribution in [0.3, 0.4) is 0 Å². The molecule has 5 aliphatic rings. The molecule has 10 atom stereocenters. The summed E-state index contributed by atoms with van der Waals surface area (Å²) in [7, 11) is 0. The Morgan fingerprint density at radius 2 is 0.852 bits per heavy atom. The summed E-state index contributed by atoms with van der Waals surface area (Å²) in [6.07, 6.45) is -57.6. The quantitative estimate of drug-likeness (QED) is 0.104. The molecule has 474 valence electrons. The lowest BCUT2D eigenvalue weighted by Crippen LogP contribution is -2.67. The SMILES string of the molecule is CC1C(=O)N(C2CCCCC2)C(=O)C1C.CCC(C)(C(=O)OC1CC(C(O)(C(F)(F)F)C(F)(F)F)CC(C(O)(C(F)(F)F)C(F)(F)F)C1)C(F)(F)F.CCC(C)(C(=O)OC1CC2CC(CC(O)(C(F)(F)F)C(F)(F)F)C1C2)C(F)(F)F. The van der Waals surface area contributed by atoms with Crippen LogP contribution in [0.5, 0.6) is 0 Å². The number of likely N-dealkylation sites (tertiary alicyclic amines) is 1. The Labute approximate surface area is 445 Å². The third-order valence-corrected chi connectivity index (χ3v) is 17.0. The molecule has 4 saturated carbocycles. The Hall–Kier alpha value is -3.72. The number of nitrogens with zero attached hydrogens (tertiary/aromatic N) is 1. The number of fused-ring (bicyclic) bond motifs is 2. The van der Waals surface area contributed by atoms with E-state index < -0.39 is 163 Å². The fraction of sp³-hybridized carbons (Fsp3) is 0.915. The lowest BCUT2D eigenvalue weighted by molar-refractivity contribution is -0.405. The molecule has 10 unspecified atom stereocenters. The Morgan fingerprint density at radius 1 is 0.494 bits per heavy atom. The number of alkyl halides is 24. The van der Waals surface area contributed by atoms with E-state index >= 15 is 0 Å². The average Bonchev–Trinajstić information content (AvgIpc) is 3.95. The van der Waals surface area contributed by atoms with Crippen LogP contribution in [0.1, 0.15) is 131 Å². The van der Waals surface area contributed by atoms with Gasteiger partial charge in [0.2, 0.25) is 11.8 Å². The zero-order valence-electron chi connectivity index (χ0n) is 43.5. The zero-order valence-corrected chi connectivity index (χ0v) is 43.5. The topological polar surface area (TPSA) is 151 Å². The summed E-state index contributed by atoms with van der Waals surface area (Å²) in [4.78, 5) is 49.7. The molecule has 1 aliphatic heterocycles. The molecule has 5 fully saturated rings. The second-order valence-corrected chi connectivity index (χ2v) is 21.9. The fourth-order valence-electron chi connectivity index (χ4n) is 11.0. The van der Waals surface area contributed by atoms with Crippen LogP contribution in [0.4, 0.5) is 105 Å². The summed E-state index contributed by atoms with van der Waals surface area (Å²) < 4.78 is 326. The summed E-state index contributed by atoms with van der Waals surface area (Å²) >= 11 is 0. The van der Waals surface area contributed by atoms with E-state index in [1.807, 2.05) is 13.8 Å². The summed E-state index contributed by atoms with van der Waals surface area (Å²) in [5.74, 6) is -14.1. The number of ether oxygens (including phenoxy) is 2. The van der Waals surface area contributed by atoms with Crippen molar-refractivity contribution in [1.82, 2.24) is 4.90 Å². The van der Waals surface area contributed by atoms with Crippen molar-refractivity contribution in [2.45, 2.75) is 216 Å². The third kappa shape index (κ3) is 13.7. The second-order valence-electron chi connectivity index (χ2n) is 21.9. The van der Waals surface area contributed by atoms with E-state index in [4.69, 9.17) is 4.74 Å². The van der Waals surface area contributed by atoms with Crippen LogP contribution in [0.2, 0.25) is 0 Å². The van der Waals surface area contributed by atoms with Crippen molar-refractivity contribution < 1.29 is 149 Å². The van der Waals surface area contributed by atoms with Crippen LogP contribution in [-0.4, -0.2) is 128 Å². The minimum Gasteiger partial charge on any atom is -0.462 e. The molecular formula is C47H59F24NO9. The maximum atomic E-state index is 13.3. The number of carbonyl (C=O) groups is 4. The number of carbonyl (C=O) groups excluding carboxylic acids is 4. The monoisotopic (exact) mass is 1240 g/mol. The van der Waals surface area contributed by atoms with Gasteiger partial charge in [0, 0.05) is 29.7 Å². The molecule has 5 rings (SSSR count). The number of amides is 2. The number of aliphatic hydroxyl groups is 3. The van der Waals surface area contributed by atoms with E-state index in [9.17, 15) is 140 Å². The summed E-state index contributed by atoms with van der Waals surface area (Å²) in [6.45, 7) is 6.38. The Bertz CT molecular complexity index is 2090. The van der Waals surface area contributed by atoms with Crippen LogP contribution >= 0.6 is 0 Å². The number of halogens is 24. The molecule has 10 nitrogen and oxygen atoms in total. The van der Waals surface area contributed by atoms with Gasteiger partial charge in [-0.15, -0.1) is 0 Å². The third-order valence-electron chi connectivity index (χ3n) is 17.0. The van der Waals surface area contributed by atoms with E-state index in [-0.39, 0.29) is 61.8 Å². The normalized spacial score (nSPS) is 28.6. The molecular weight excluding hydrogens is 1180 g/mol. The highest BCUT2D eigenvalue weighted by atomic mass is 19.4. The Kier molecular flexibility index (Phi) is 20.9. The maximum Gasteiger partial charge on any atom is 0.426 e. The summed E-state index contributed by atoms with van der Waals surface area (Å²) in [5.41, 5.74) is -23.3. The fourth-order valence-corrected chi connectivity index (χ4v) is 11.0. The van der Waals surface area contributed by atoms with Gasteiger partial charge in [0.05, 0.1) is 0 Å². The standard InChI is InChI=1S/C18H19F15O4.C17H21F9O3.C12H19NO2/c1-3-11(2,14(19,20)21)10(34)37-9-5-7(12(35,15(22,23)24)16(25,26)27)4-8(6-9)13(36,17(28,29)30)18(31,32)33;1-3-13(2,15(18,19)20)12(27)29-11-6-8-4-9(10(11)5-8)7-14(28,16(21,22)23)17(24,25)26;1-8-9(2)12(15)13(11(8)14)10-6-4-3-5-7-10/h7-9,35-36H,3-6H2,1-2H3;8-11,28H,3-7H2,1-2H3;8-10H,3-7H2,1-2H3. The van der Waals surface area contributed by atoms with Crippen LogP contribution in [-0.2, 0) is 28.7 Å². The van der Waals surface area contributed by atoms with Crippen LogP contribution < -0.4 is 0 Å². The van der Waals surface area contributed by atoms with Crippen molar-refractivity contribution in [3.05, 3.63) is 0 Å². The highest BCUT2D eigenvalue weighted by Gasteiger charge is 2.79. The first kappa shape index (κ1) is 71.5. The van der Waals surface area contributed by atoms with Gasteiger partial charge in [-0.05, 0) is 102 Å². The molecule has 0 spiro atoms. The Morgan fingerprint density at radius 3 is 1.16 bits per heavy atom. The second kappa shape index (κ2) is 23.6. The van der Waals surface area contributed by atoms with E-state index in [2.05, 4.69) is 4.74 Å². The molecule has 34 heteroatoms. The number of esters is 2. The predicted octanol–water partition coefficient (Wildman–Crippen LogP) is 13.1. The molecule has 0 aromatic carbocycles. The van der Waals surface area contributed by atoms with Gasteiger partial charge in [0.15, 0.2) is 10.8 Å². The molecule has 2 bridgehead atoms. The van der Waals surface area contributed by atoms with Gasteiger partial charge in [-0.25, -0.2) is 0 Å². The molecule has 1 saturated heterocycles. The van der Waals surface area contributed by atoms with Crippen molar-refractivity contribution in [2.24, 2.45) is 52.3 Å². The lowest BCUT2D eigenvalue weighted by atomic mass is 9.65. The van der Waals surface area contributed by atoms with Crippen LogP contribution in [0.15, 0.2) is 0 Å². The van der Waals surface area contributed by atoms with Gasteiger partial charge in [-0.3, -0.25) is 24.1 Å². The van der Waals surface area contributed by atoms with Crippen molar-refractivity contribution >= 4 is 23.8 Å². The molecule has 2 amide bonds. The van der Waals surface area contributed by atoms with Crippen molar-refractivity contribution in [1.29, 1.82) is 0 Å². The van der Waals surface area contributed by atoms with E-state index in [0.29, 0.717) is 6.92 Å². The van der Waals surface area contributed by atoms with Crippen molar-refractivity contribution in [3.63, 3.8) is 0 Å². The lowest BCUT2D eigenvalue weighted by Gasteiger charge is -2.48. The highest BCUT2D eigenvalue weighted by Crippen LogP contribution is 2.60. The van der Waals surface area contributed by atoms with Gasteiger partial charge in [-0.2, -0.15) is 105 Å². The Balaban J connectivity index is 0.000000345. The summed E-state index contributed by atoms with van der Waals surface area (Å²) in [5, 5.41) is 28.6. The van der Waals surface area contributed by atoms with Gasteiger partial charge in [0.25, 0.3) is 16.8 Å². The van der Waals surface area contributed by atoms with Crippen LogP contribution in [0, 0.1) is 52.3 Å². The highest BCUT2D eigenvalue weighted by molar-refractivity contribution is 6.05. The van der Waals surface area contributed by atoms with Gasteiger partial charge < -0.3 is 24.8 Å². The number of rotatable bonds is 11. The molecule has 0 aromatic rings. The average molecular weight is 1240 g/mol. The molecule has 0 aromatic heterocycles. The van der Waals surface area contributed by atoms with Crippen molar-refractivity contribution in [3.8, 4) is 0 Å². The van der Waals surface area contributed by atoms with E-state index in [0.717, 1.165) is 39.5 Å². The molecule has 4 aliphatic carbocycles. The molecule has 0 radical (unpaired) electrons. The van der Waals surface area contributed by atoms with Gasteiger partial charge in [-0.1, -0.05) is 47.0 Å². The van der Waals surface area contributed by atoms with Crippen LogP contribution in [0.25, 0.3) is 0 Å². The predicted molar refractivity (Wildman–Crippen MR) is 227 cm³/mol. The number of hydrogen-bond donors (Lipinski definition) is 3. The minimum atomic E-state index is -6.77. The van der Waals surface area contributed by atoms with Crippen molar-refractivity contribution in [2.75, 3.05) is 0 Å². The van der Waals surface area contributed by atoms with E-state index in [1.165, 1.54) is 6.42 Å².